The van der Waals surface area contributed by atoms with E-state index >= 15 is 0 Å². The van der Waals surface area contributed by atoms with Crippen molar-refractivity contribution in [2.24, 2.45) is 5.73 Å². The molecule has 1 fully saturated rings. The molecule has 1 saturated heterocycles. The zero-order valence-corrected chi connectivity index (χ0v) is 12.6. The number of esters is 1. The molecular formula is C16H24N2O3. The molecule has 1 unspecified atom stereocenters. The number of hydrogen-bond acceptors (Lipinski definition) is 5. The van der Waals surface area contributed by atoms with Crippen LogP contribution in [0.4, 0.5) is 0 Å². The van der Waals surface area contributed by atoms with Crippen LogP contribution in [0.15, 0.2) is 24.3 Å². The van der Waals surface area contributed by atoms with Gasteiger partial charge >= 0.3 is 5.97 Å². The van der Waals surface area contributed by atoms with Crippen LogP contribution in [0, 0.1) is 0 Å². The zero-order chi connectivity index (χ0) is 15.1. The van der Waals surface area contributed by atoms with Gasteiger partial charge in [0.15, 0.2) is 0 Å². The normalized spacial score (nSPS) is 18.7. The number of carbonyl (C=O) groups is 1. The summed E-state index contributed by atoms with van der Waals surface area (Å²) in [4.78, 5) is 14.0. The van der Waals surface area contributed by atoms with E-state index in [1.54, 1.807) is 0 Å². The maximum Gasteiger partial charge on any atom is 0.323 e. The first-order chi connectivity index (χ1) is 10.2. The summed E-state index contributed by atoms with van der Waals surface area (Å²) in [5.74, 6) is 0.724. The number of benzene rings is 1. The Hall–Kier alpha value is -1.59. The van der Waals surface area contributed by atoms with Crippen molar-refractivity contribution in [2.75, 3.05) is 26.3 Å². The van der Waals surface area contributed by atoms with Gasteiger partial charge in [0.2, 0.25) is 0 Å². The smallest absolute Gasteiger partial charge is 0.323 e. The molecule has 1 aliphatic heterocycles. The summed E-state index contributed by atoms with van der Waals surface area (Å²) in [6.45, 7) is 5.05. The summed E-state index contributed by atoms with van der Waals surface area (Å²) in [6.07, 6.45) is 1.92. The highest BCUT2D eigenvalue weighted by Gasteiger charge is 2.31. The van der Waals surface area contributed by atoms with Crippen LogP contribution in [0.2, 0.25) is 0 Å². The third-order valence-corrected chi connectivity index (χ3v) is 3.73. The third-order valence-electron chi connectivity index (χ3n) is 3.73. The van der Waals surface area contributed by atoms with Crippen molar-refractivity contribution in [2.45, 2.75) is 32.4 Å². The molecule has 116 valence electrons. The fourth-order valence-corrected chi connectivity index (χ4v) is 2.60. The molecule has 1 aromatic rings. The number of carbonyl (C=O) groups excluding carboxylic acids is 1. The van der Waals surface area contributed by atoms with Gasteiger partial charge in [-0.25, -0.2) is 0 Å². The first-order valence-electron chi connectivity index (χ1n) is 7.57. The van der Waals surface area contributed by atoms with Crippen molar-refractivity contribution in [3.8, 4) is 5.75 Å². The summed E-state index contributed by atoms with van der Waals surface area (Å²) in [5, 5.41) is 0. The number of likely N-dealkylation sites (tertiary alicyclic amines) is 1. The number of hydrogen-bond donors (Lipinski definition) is 1. The summed E-state index contributed by atoms with van der Waals surface area (Å²) in [6, 6.07) is 7.68. The molecular weight excluding hydrogens is 268 g/mol. The van der Waals surface area contributed by atoms with Crippen LogP contribution in [-0.4, -0.2) is 43.2 Å². The predicted octanol–water partition coefficient (Wildman–Crippen LogP) is 1.55. The Morgan fingerprint density at radius 1 is 1.38 bits per heavy atom. The SMILES string of the molecule is CCOC(=O)C1CCCN1CCOc1ccc(CN)cc1. The summed E-state index contributed by atoms with van der Waals surface area (Å²) < 4.78 is 10.8. The Morgan fingerprint density at radius 2 is 2.14 bits per heavy atom. The first kappa shape index (κ1) is 15.8. The van der Waals surface area contributed by atoms with Crippen molar-refractivity contribution in [1.29, 1.82) is 0 Å². The maximum atomic E-state index is 11.8. The van der Waals surface area contributed by atoms with E-state index in [0.717, 1.165) is 37.2 Å². The minimum absolute atomic E-state index is 0.104. The van der Waals surface area contributed by atoms with Gasteiger partial charge in [0, 0.05) is 13.1 Å². The van der Waals surface area contributed by atoms with Crippen LogP contribution in [0.1, 0.15) is 25.3 Å². The monoisotopic (exact) mass is 292 g/mol. The molecule has 2 N–H and O–H groups in total. The van der Waals surface area contributed by atoms with Crippen molar-refractivity contribution in [3.63, 3.8) is 0 Å². The predicted molar refractivity (Wildman–Crippen MR) is 81.1 cm³/mol. The molecule has 1 aliphatic rings. The Kier molecular flexibility index (Phi) is 6.02. The van der Waals surface area contributed by atoms with E-state index in [2.05, 4.69) is 4.90 Å². The third kappa shape index (κ3) is 4.44. The quantitative estimate of drug-likeness (QED) is 0.773. The molecule has 21 heavy (non-hydrogen) atoms. The fraction of sp³-hybridized carbons (Fsp3) is 0.562. The highest BCUT2D eigenvalue weighted by molar-refractivity contribution is 5.76. The summed E-state index contributed by atoms with van der Waals surface area (Å²) >= 11 is 0. The van der Waals surface area contributed by atoms with Gasteiger partial charge in [-0.2, -0.15) is 0 Å². The van der Waals surface area contributed by atoms with Crippen LogP contribution in [0.5, 0.6) is 5.75 Å². The van der Waals surface area contributed by atoms with Gasteiger partial charge in [0.1, 0.15) is 18.4 Å². The average Bonchev–Trinajstić information content (AvgIpc) is 2.97. The van der Waals surface area contributed by atoms with Gasteiger partial charge in [0.05, 0.1) is 6.61 Å². The lowest BCUT2D eigenvalue weighted by atomic mass is 10.2. The molecule has 1 aromatic carbocycles. The van der Waals surface area contributed by atoms with Crippen molar-refractivity contribution in [1.82, 2.24) is 4.90 Å². The van der Waals surface area contributed by atoms with Crippen LogP contribution in [0.3, 0.4) is 0 Å². The second-order valence-corrected chi connectivity index (χ2v) is 5.14. The fourth-order valence-electron chi connectivity index (χ4n) is 2.60. The van der Waals surface area contributed by atoms with Gasteiger partial charge in [0.25, 0.3) is 0 Å². The van der Waals surface area contributed by atoms with E-state index in [0.29, 0.717) is 19.8 Å². The number of nitrogens with zero attached hydrogens (tertiary/aromatic N) is 1. The molecule has 1 heterocycles. The van der Waals surface area contributed by atoms with E-state index in [9.17, 15) is 4.79 Å². The van der Waals surface area contributed by atoms with Crippen LogP contribution in [-0.2, 0) is 16.1 Å². The molecule has 0 saturated carbocycles. The van der Waals surface area contributed by atoms with Crippen molar-refractivity contribution >= 4 is 5.97 Å². The van der Waals surface area contributed by atoms with Crippen LogP contribution < -0.4 is 10.5 Å². The van der Waals surface area contributed by atoms with Gasteiger partial charge < -0.3 is 15.2 Å². The van der Waals surface area contributed by atoms with E-state index in [1.807, 2.05) is 31.2 Å². The molecule has 0 spiro atoms. The Morgan fingerprint density at radius 3 is 2.81 bits per heavy atom. The average molecular weight is 292 g/mol. The van der Waals surface area contributed by atoms with E-state index in [4.69, 9.17) is 15.2 Å². The lowest BCUT2D eigenvalue weighted by Crippen LogP contribution is -2.39. The topological polar surface area (TPSA) is 64.8 Å². The molecule has 5 nitrogen and oxygen atoms in total. The van der Waals surface area contributed by atoms with E-state index < -0.39 is 0 Å². The van der Waals surface area contributed by atoms with Crippen molar-refractivity contribution < 1.29 is 14.3 Å². The molecule has 0 aliphatic carbocycles. The summed E-state index contributed by atoms with van der Waals surface area (Å²) in [5.41, 5.74) is 6.65. The molecule has 1 atom stereocenters. The lowest BCUT2D eigenvalue weighted by Gasteiger charge is -2.22. The number of rotatable bonds is 7. The Balaban J connectivity index is 1.77. The summed E-state index contributed by atoms with van der Waals surface area (Å²) in [7, 11) is 0. The Bertz CT molecular complexity index is 447. The van der Waals surface area contributed by atoms with Crippen molar-refractivity contribution in [3.05, 3.63) is 29.8 Å². The van der Waals surface area contributed by atoms with Gasteiger partial charge in [-0.15, -0.1) is 0 Å². The number of nitrogens with two attached hydrogens (primary N) is 1. The minimum Gasteiger partial charge on any atom is -0.492 e. The highest BCUT2D eigenvalue weighted by atomic mass is 16.5. The first-order valence-corrected chi connectivity index (χ1v) is 7.57. The van der Waals surface area contributed by atoms with Crippen LogP contribution in [0.25, 0.3) is 0 Å². The van der Waals surface area contributed by atoms with Gasteiger partial charge in [-0.05, 0) is 44.0 Å². The lowest BCUT2D eigenvalue weighted by molar-refractivity contribution is -0.148. The minimum atomic E-state index is -0.109. The standard InChI is InChI=1S/C16H24N2O3/c1-2-20-16(19)15-4-3-9-18(15)10-11-21-14-7-5-13(12-17)6-8-14/h5-8,15H,2-4,9-12,17H2,1H3. The molecule has 5 heteroatoms. The molecule has 0 bridgehead atoms. The second kappa shape index (κ2) is 8.00. The molecule has 0 radical (unpaired) electrons. The Labute approximate surface area is 126 Å². The molecule has 2 rings (SSSR count). The second-order valence-electron chi connectivity index (χ2n) is 5.14. The van der Waals surface area contributed by atoms with Crippen LogP contribution >= 0.6 is 0 Å². The van der Waals surface area contributed by atoms with Gasteiger partial charge in [-0.3, -0.25) is 9.69 Å². The van der Waals surface area contributed by atoms with E-state index in [1.165, 1.54) is 0 Å². The highest BCUT2D eigenvalue weighted by Crippen LogP contribution is 2.18. The number of ether oxygens (including phenoxy) is 2. The molecule has 0 amide bonds. The molecule has 0 aromatic heterocycles. The van der Waals surface area contributed by atoms with Gasteiger partial charge in [-0.1, -0.05) is 12.1 Å². The maximum absolute atomic E-state index is 11.8. The zero-order valence-electron chi connectivity index (χ0n) is 12.6. The largest absolute Gasteiger partial charge is 0.492 e. The van der Waals surface area contributed by atoms with E-state index in [-0.39, 0.29) is 12.0 Å².